The Balaban J connectivity index is 1.68. The molecule has 3 aromatic rings. The van der Waals surface area contributed by atoms with Gasteiger partial charge in [-0.2, -0.15) is 8.78 Å². The molecule has 1 amide bonds. The van der Waals surface area contributed by atoms with Gasteiger partial charge in [-0.3, -0.25) is 4.79 Å². The number of halogens is 2. The smallest absolute Gasteiger partial charge is 0.387 e. The zero-order valence-corrected chi connectivity index (χ0v) is 14.3. The van der Waals surface area contributed by atoms with Crippen LogP contribution in [-0.2, 0) is 17.9 Å². The van der Waals surface area contributed by atoms with Gasteiger partial charge in [-0.05, 0) is 48.0 Å². The molecule has 0 fully saturated rings. The monoisotopic (exact) mass is 373 g/mol. The van der Waals surface area contributed by atoms with Crippen LogP contribution in [0.15, 0.2) is 76.0 Å². The fourth-order valence-corrected chi connectivity index (χ4v) is 2.43. The summed E-state index contributed by atoms with van der Waals surface area (Å²) in [7, 11) is 0. The van der Waals surface area contributed by atoms with Crippen molar-refractivity contribution in [2.75, 3.05) is 0 Å². The molecule has 0 aliphatic heterocycles. The summed E-state index contributed by atoms with van der Waals surface area (Å²) in [6.45, 7) is -2.29. The molecule has 3 rings (SSSR count). The number of furan rings is 2. The minimum Gasteiger partial charge on any atom is -0.467 e. The van der Waals surface area contributed by atoms with Gasteiger partial charge in [-0.15, -0.1) is 0 Å². The number of carbonyl (C=O) groups excluding carboxylic acids is 1. The van der Waals surface area contributed by atoms with Crippen molar-refractivity contribution in [3.63, 3.8) is 0 Å². The Hall–Kier alpha value is -3.35. The molecular weight excluding hydrogens is 356 g/mol. The Labute approximate surface area is 154 Å². The number of alkyl halides is 2. The number of ether oxygens (including phenoxy) is 1. The average Bonchev–Trinajstić information content (AvgIpc) is 3.34. The van der Waals surface area contributed by atoms with Gasteiger partial charge in [-0.25, -0.2) is 0 Å². The quantitative estimate of drug-likeness (QED) is 0.536. The van der Waals surface area contributed by atoms with E-state index in [9.17, 15) is 13.6 Å². The highest BCUT2D eigenvalue weighted by molar-refractivity contribution is 5.91. The summed E-state index contributed by atoms with van der Waals surface area (Å²) in [5.41, 5.74) is 0.681. The lowest BCUT2D eigenvalue weighted by Crippen LogP contribution is -2.28. The van der Waals surface area contributed by atoms with Gasteiger partial charge in [0.25, 0.3) is 0 Å². The van der Waals surface area contributed by atoms with Crippen molar-refractivity contribution < 1.29 is 27.1 Å². The molecule has 0 spiro atoms. The van der Waals surface area contributed by atoms with E-state index in [2.05, 4.69) is 4.74 Å². The largest absolute Gasteiger partial charge is 0.467 e. The number of carbonyl (C=O) groups is 1. The molecule has 2 heterocycles. The molecule has 0 N–H and O–H groups in total. The first-order valence-corrected chi connectivity index (χ1v) is 8.17. The van der Waals surface area contributed by atoms with Crippen LogP contribution < -0.4 is 4.74 Å². The van der Waals surface area contributed by atoms with E-state index < -0.39 is 6.61 Å². The van der Waals surface area contributed by atoms with Crippen LogP contribution in [0.1, 0.15) is 17.1 Å². The molecule has 0 aliphatic rings. The zero-order chi connectivity index (χ0) is 19.1. The van der Waals surface area contributed by atoms with Crippen LogP contribution in [0.25, 0.3) is 6.08 Å². The molecule has 0 radical (unpaired) electrons. The number of rotatable bonds is 8. The fourth-order valence-electron chi connectivity index (χ4n) is 2.43. The first-order chi connectivity index (χ1) is 13.1. The first-order valence-electron chi connectivity index (χ1n) is 8.17. The highest BCUT2D eigenvalue weighted by atomic mass is 19.3. The van der Waals surface area contributed by atoms with Crippen LogP contribution in [0.4, 0.5) is 8.78 Å². The normalized spacial score (nSPS) is 11.2. The van der Waals surface area contributed by atoms with Gasteiger partial charge in [-0.1, -0.05) is 12.1 Å². The molecule has 1 aromatic carbocycles. The molecular formula is C20H17F2NO4. The minimum atomic E-state index is -2.87. The van der Waals surface area contributed by atoms with Crippen LogP contribution in [0.2, 0.25) is 0 Å². The SMILES string of the molecule is O=C(/C=C/c1ccc(OC(F)F)cc1)N(Cc1ccco1)Cc1ccco1. The maximum absolute atomic E-state index is 12.6. The fraction of sp³-hybridized carbons (Fsp3) is 0.150. The van der Waals surface area contributed by atoms with Crippen LogP contribution in [-0.4, -0.2) is 17.4 Å². The highest BCUT2D eigenvalue weighted by Crippen LogP contribution is 2.16. The second-order valence-electron chi connectivity index (χ2n) is 5.63. The van der Waals surface area contributed by atoms with E-state index in [1.165, 1.54) is 18.2 Å². The van der Waals surface area contributed by atoms with Crippen molar-refractivity contribution in [3.8, 4) is 5.75 Å². The molecule has 0 aliphatic carbocycles. The number of benzene rings is 1. The summed E-state index contributed by atoms with van der Waals surface area (Å²) in [6.07, 6.45) is 6.11. The van der Waals surface area contributed by atoms with Crippen molar-refractivity contribution in [2.24, 2.45) is 0 Å². The Kier molecular flexibility index (Phi) is 6.04. The number of hydrogen-bond donors (Lipinski definition) is 0. The summed E-state index contributed by atoms with van der Waals surface area (Å²) < 4.78 is 39.3. The van der Waals surface area contributed by atoms with Gasteiger partial charge in [0.2, 0.25) is 5.91 Å². The number of hydrogen-bond acceptors (Lipinski definition) is 4. The Bertz CT molecular complexity index is 820. The van der Waals surface area contributed by atoms with Crippen LogP contribution in [0, 0.1) is 0 Å². The molecule has 0 unspecified atom stereocenters. The van der Waals surface area contributed by atoms with E-state index in [-0.39, 0.29) is 24.7 Å². The Morgan fingerprint density at radius 1 is 1.00 bits per heavy atom. The molecule has 0 saturated carbocycles. The zero-order valence-electron chi connectivity index (χ0n) is 14.3. The van der Waals surface area contributed by atoms with Gasteiger partial charge >= 0.3 is 6.61 Å². The van der Waals surface area contributed by atoms with Crippen LogP contribution in [0.5, 0.6) is 5.75 Å². The lowest BCUT2D eigenvalue weighted by atomic mass is 10.2. The second kappa shape index (κ2) is 8.84. The Morgan fingerprint density at radius 3 is 2.07 bits per heavy atom. The highest BCUT2D eigenvalue weighted by Gasteiger charge is 2.15. The van der Waals surface area contributed by atoms with Crippen LogP contribution in [0.3, 0.4) is 0 Å². The van der Waals surface area contributed by atoms with Crippen molar-refractivity contribution in [2.45, 2.75) is 19.7 Å². The third-order valence-corrected chi connectivity index (χ3v) is 3.69. The van der Waals surface area contributed by atoms with Gasteiger partial charge in [0.15, 0.2) is 0 Å². The van der Waals surface area contributed by atoms with E-state index in [4.69, 9.17) is 8.83 Å². The van der Waals surface area contributed by atoms with E-state index >= 15 is 0 Å². The lowest BCUT2D eigenvalue weighted by Gasteiger charge is -2.18. The van der Waals surface area contributed by atoms with Gasteiger partial charge in [0.1, 0.15) is 17.3 Å². The van der Waals surface area contributed by atoms with E-state index in [0.717, 1.165) is 0 Å². The first kappa shape index (κ1) is 18.4. The summed E-state index contributed by atoms with van der Waals surface area (Å²) in [5.74, 6) is 1.12. The molecule has 140 valence electrons. The standard InChI is InChI=1S/C20H17F2NO4/c21-20(22)27-16-8-5-15(6-9-16)7-10-19(24)23(13-17-3-1-11-25-17)14-18-4-2-12-26-18/h1-12,20H,13-14H2/b10-7+. The van der Waals surface area contributed by atoms with Gasteiger partial charge in [0, 0.05) is 6.08 Å². The third kappa shape index (κ3) is 5.57. The summed E-state index contributed by atoms with van der Waals surface area (Å²) in [4.78, 5) is 14.2. The van der Waals surface area contributed by atoms with E-state index in [1.54, 1.807) is 59.9 Å². The number of nitrogens with zero attached hydrogens (tertiary/aromatic N) is 1. The third-order valence-electron chi connectivity index (χ3n) is 3.69. The predicted octanol–water partition coefficient (Wildman–Crippen LogP) is 4.72. The average molecular weight is 373 g/mol. The maximum Gasteiger partial charge on any atom is 0.387 e. The van der Waals surface area contributed by atoms with Crippen molar-refractivity contribution in [3.05, 3.63) is 84.2 Å². The van der Waals surface area contributed by atoms with Crippen molar-refractivity contribution >= 4 is 12.0 Å². The summed E-state index contributed by atoms with van der Waals surface area (Å²) >= 11 is 0. The van der Waals surface area contributed by atoms with Crippen LogP contribution >= 0.6 is 0 Å². The molecule has 0 bridgehead atoms. The van der Waals surface area contributed by atoms with Gasteiger partial charge in [0.05, 0.1) is 25.6 Å². The molecule has 2 aromatic heterocycles. The maximum atomic E-state index is 12.6. The van der Waals surface area contributed by atoms with Crippen molar-refractivity contribution in [1.29, 1.82) is 0 Å². The predicted molar refractivity (Wildman–Crippen MR) is 93.8 cm³/mol. The molecule has 5 nitrogen and oxygen atoms in total. The topological polar surface area (TPSA) is 55.8 Å². The molecule has 0 atom stereocenters. The lowest BCUT2D eigenvalue weighted by molar-refractivity contribution is -0.127. The minimum absolute atomic E-state index is 0.0609. The Morgan fingerprint density at radius 2 is 1.59 bits per heavy atom. The summed E-state index contributed by atoms with van der Waals surface area (Å²) in [6, 6.07) is 13.1. The van der Waals surface area contributed by atoms with E-state index in [1.807, 2.05) is 0 Å². The van der Waals surface area contributed by atoms with Gasteiger partial charge < -0.3 is 18.5 Å². The van der Waals surface area contributed by atoms with Crippen molar-refractivity contribution in [1.82, 2.24) is 4.90 Å². The molecule has 0 saturated heterocycles. The molecule has 27 heavy (non-hydrogen) atoms. The molecule has 7 heteroatoms. The van der Waals surface area contributed by atoms with E-state index in [0.29, 0.717) is 17.1 Å². The number of amides is 1. The summed E-state index contributed by atoms with van der Waals surface area (Å²) in [5, 5.41) is 0. The second-order valence-corrected chi connectivity index (χ2v) is 5.63.